The fourth-order valence-corrected chi connectivity index (χ4v) is 1.56. The zero-order chi connectivity index (χ0) is 22.0. The van der Waals surface area contributed by atoms with Crippen LogP contribution in [0.4, 0.5) is 26.3 Å². The van der Waals surface area contributed by atoms with E-state index in [-0.39, 0.29) is 0 Å². The maximum absolute atomic E-state index is 10.7. The molecule has 0 unspecified atom stereocenters. The van der Waals surface area contributed by atoms with Crippen LogP contribution >= 0.6 is 0 Å². The smallest absolute Gasteiger partial charge is 0.485 e. The molecule has 6 nitrogen and oxygen atoms in total. The molecule has 0 aliphatic heterocycles. The van der Waals surface area contributed by atoms with Crippen molar-refractivity contribution in [2.24, 2.45) is 0 Å². The van der Waals surface area contributed by atoms with Crippen LogP contribution in [0.1, 0.15) is 0 Å². The van der Waals surface area contributed by atoms with Gasteiger partial charge in [-0.15, -0.1) is 0 Å². The first kappa shape index (κ1) is 30.6. The number of hydrogen-bond donors (Lipinski definition) is 0. The summed E-state index contributed by atoms with van der Waals surface area (Å²) in [7, 11) is -11.0. The molecule has 0 heterocycles. The van der Waals surface area contributed by atoms with Crippen molar-refractivity contribution in [3.05, 3.63) is 12.2 Å². The van der Waals surface area contributed by atoms with Gasteiger partial charge in [-0.2, -0.15) is 26.3 Å². The Labute approximate surface area is 154 Å². The van der Waals surface area contributed by atoms with Crippen molar-refractivity contribution >= 4 is 42.0 Å². The standard InChI is InChI=1S/C8H18S2.2CHF3O3S/c1-9(2)7-5-6-8-10(3)4;2*2-1(3,4)8(5,6)7/h5-6H,7-8H2,1-4H3;2*(H,5,6,7)/q+2;;/p-2/b6-5+;;. The first-order valence-electron chi connectivity index (χ1n) is 5.90. The van der Waals surface area contributed by atoms with Gasteiger partial charge < -0.3 is 9.11 Å². The van der Waals surface area contributed by atoms with E-state index in [1.165, 1.54) is 11.5 Å². The quantitative estimate of drug-likeness (QED) is 0.199. The van der Waals surface area contributed by atoms with Crippen molar-refractivity contribution in [3.63, 3.8) is 0 Å². The predicted molar refractivity (Wildman–Crippen MR) is 88.8 cm³/mol. The molecule has 0 fully saturated rings. The second-order valence-electron chi connectivity index (χ2n) is 4.58. The third-order valence-electron chi connectivity index (χ3n) is 1.59. The van der Waals surface area contributed by atoms with Gasteiger partial charge in [0.1, 0.15) is 11.5 Å². The van der Waals surface area contributed by atoms with Crippen molar-refractivity contribution in [2.75, 3.05) is 36.5 Å². The molecule has 0 N–H and O–H groups in total. The Balaban J connectivity index is -0.000000308. The van der Waals surface area contributed by atoms with E-state index in [1.54, 1.807) is 0 Å². The molecule has 0 saturated carbocycles. The summed E-state index contributed by atoms with van der Waals surface area (Å²) in [6, 6.07) is 0. The van der Waals surface area contributed by atoms with Crippen LogP contribution in [0.3, 0.4) is 0 Å². The van der Waals surface area contributed by atoms with Gasteiger partial charge in [-0.3, -0.25) is 0 Å². The first-order chi connectivity index (χ1) is 11.1. The molecule has 26 heavy (non-hydrogen) atoms. The number of halogens is 6. The summed E-state index contributed by atoms with van der Waals surface area (Å²) >= 11 is 0. The van der Waals surface area contributed by atoms with Gasteiger partial charge in [0.15, 0.2) is 20.2 Å². The highest BCUT2D eigenvalue weighted by molar-refractivity contribution is 7.96. The lowest BCUT2D eigenvalue weighted by Gasteiger charge is -2.08. The molecule has 160 valence electrons. The van der Waals surface area contributed by atoms with E-state index >= 15 is 0 Å². The molecule has 0 spiro atoms. The summed E-state index contributed by atoms with van der Waals surface area (Å²) in [5, 5.41) is 0. The largest absolute Gasteiger partial charge is 0.741 e. The van der Waals surface area contributed by atoms with Gasteiger partial charge >= 0.3 is 11.0 Å². The van der Waals surface area contributed by atoms with Gasteiger partial charge in [-0.25, -0.2) is 16.8 Å². The van der Waals surface area contributed by atoms with Crippen molar-refractivity contribution in [3.8, 4) is 0 Å². The molecule has 0 aliphatic carbocycles. The second kappa shape index (κ2) is 12.3. The van der Waals surface area contributed by atoms with E-state index in [2.05, 4.69) is 37.2 Å². The van der Waals surface area contributed by atoms with Gasteiger partial charge in [-0.05, 0) is 33.9 Å². The molecule has 16 heteroatoms. The predicted octanol–water partition coefficient (Wildman–Crippen LogP) is 1.40. The van der Waals surface area contributed by atoms with Gasteiger partial charge in [0.05, 0.1) is 25.0 Å². The highest BCUT2D eigenvalue weighted by Gasteiger charge is 2.37. The molecular formula is C10H18F6O6S4. The van der Waals surface area contributed by atoms with Crippen molar-refractivity contribution < 1.29 is 52.3 Å². The van der Waals surface area contributed by atoms with Crippen LogP contribution < -0.4 is 0 Å². The minimum Gasteiger partial charge on any atom is -0.741 e. The van der Waals surface area contributed by atoms with E-state index in [0.29, 0.717) is 21.8 Å². The Morgan fingerprint density at radius 1 is 0.692 bits per heavy atom. The summed E-state index contributed by atoms with van der Waals surface area (Å²) in [6.45, 7) is 0. The lowest BCUT2D eigenvalue weighted by Crippen LogP contribution is -2.21. The molecule has 0 amide bonds. The fraction of sp³-hybridized carbons (Fsp3) is 0.800. The summed E-state index contributed by atoms with van der Waals surface area (Å²) in [4.78, 5) is 0. The Morgan fingerprint density at radius 2 is 0.846 bits per heavy atom. The van der Waals surface area contributed by atoms with Crippen LogP contribution in [-0.4, -0.2) is 73.5 Å². The normalized spacial score (nSPS) is 13.3. The Morgan fingerprint density at radius 3 is 0.923 bits per heavy atom. The van der Waals surface area contributed by atoms with E-state index in [9.17, 15) is 26.3 Å². The van der Waals surface area contributed by atoms with Gasteiger partial charge in [0, 0.05) is 0 Å². The van der Waals surface area contributed by atoms with Gasteiger partial charge in [0.2, 0.25) is 0 Å². The zero-order valence-electron chi connectivity index (χ0n) is 13.9. The Bertz CT molecular complexity index is 553. The van der Waals surface area contributed by atoms with Crippen molar-refractivity contribution in [1.29, 1.82) is 0 Å². The van der Waals surface area contributed by atoms with Gasteiger partial charge in [-0.1, -0.05) is 0 Å². The first-order valence-corrected chi connectivity index (χ1v) is 13.1. The number of alkyl halides is 6. The van der Waals surface area contributed by atoms with E-state index < -0.39 is 31.3 Å². The van der Waals surface area contributed by atoms with Gasteiger partial charge in [0.25, 0.3) is 0 Å². The average Bonchev–Trinajstić information content (AvgIpc) is 2.30. The summed E-state index contributed by atoms with van der Waals surface area (Å²) < 4.78 is 118. The summed E-state index contributed by atoms with van der Waals surface area (Å²) in [6.07, 6.45) is 13.8. The third-order valence-corrected chi connectivity index (χ3v) is 4.44. The SMILES string of the molecule is C[S+](C)C/C=C/C[S+](C)C.O=S(=O)([O-])C(F)(F)F.O=S(=O)([O-])C(F)(F)F. The lowest BCUT2D eigenvalue weighted by atomic mass is 10.6. The minimum atomic E-state index is -6.09. The van der Waals surface area contributed by atoms with E-state index in [4.69, 9.17) is 25.9 Å². The lowest BCUT2D eigenvalue weighted by molar-refractivity contribution is -0.0522. The van der Waals surface area contributed by atoms with Crippen molar-refractivity contribution in [1.82, 2.24) is 0 Å². The molecular weight excluding hydrogens is 458 g/mol. The Hall–Kier alpha value is -0.160. The van der Waals surface area contributed by atoms with Crippen LogP contribution in [0, 0.1) is 0 Å². The highest BCUT2D eigenvalue weighted by Crippen LogP contribution is 2.21. The molecule has 0 atom stereocenters. The molecule has 0 aromatic carbocycles. The summed E-state index contributed by atoms with van der Waals surface area (Å²) in [5.74, 6) is 2.52. The van der Waals surface area contributed by atoms with E-state index in [0.717, 1.165) is 0 Å². The molecule has 0 bridgehead atoms. The molecule has 0 rings (SSSR count). The topological polar surface area (TPSA) is 114 Å². The zero-order valence-corrected chi connectivity index (χ0v) is 17.2. The van der Waals surface area contributed by atoms with Crippen LogP contribution in [0.15, 0.2) is 12.2 Å². The minimum absolute atomic E-state index is 0.586. The highest BCUT2D eigenvalue weighted by atomic mass is 32.2. The molecule has 0 saturated heterocycles. The Kier molecular flexibility index (Phi) is 14.5. The van der Waals surface area contributed by atoms with Crippen LogP contribution in [0.5, 0.6) is 0 Å². The van der Waals surface area contributed by atoms with Crippen LogP contribution in [-0.2, 0) is 42.0 Å². The second-order valence-corrected chi connectivity index (χ2v) is 11.9. The van der Waals surface area contributed by atoms with Crippen LogP contribution in [0.2, 0.25) is 0 Å². The molecule has 0 aromatic heterocycles. The summed E-state index contributed by atoms with van der Waals surface area (Å²) in [5.41, 5.74) is -11.3. The number of hydrogen-bond acceptors (Lipinski definition) is 6. The third kappa shape index (κ3) is 20.2. The average molecular weight is 477 g/mol. The maximum Gasteiger partial charge on any atom is 0.485 e. The molecule has 0 radical (unpaired) electrons. The van der Waals surface area contributed by atoms with Crippen molar-refractivity contribution in [2.45, 2.75) is 11.0 Å². The maximum atomic E-state index is 10.7. The van der Waals surface area contributed by atoms with Crippen LogP contribution in [0.25, 0.3) is 0 Å². The fourth-order valence-electron chi connectivity index (χ4n) is 0.521. The monoisotopic (exact) mass is 476 g/mol. The molecule has 0 aromatic rings. The van der Waals surface area contributed by atoms with E-state index in [1.807, 2.05) is 0 Å². The number of rotatable bonds is 4. The molecule has 0 aliphatic rings.